The van der Waals surface area contributed by atoms with Crippen molar-refractivity contribution in [2.24, 2.45) is 0 Å². The lowest BCUT2D eigenvalue weighted by atomic mass is 10.1. The zero-order valence-electron chi connectivity index (χ0n) is 10.1. The molecular weight excluding hydrogens is 208 g/mol. The van der Waals surface area contributed by atoms with Crippen LogP contribution in [0.3, 0.4) is 0 Å². The number of hydrogen-bond donors (Lipinski definition) is 0. The first-order valence-electron chi connectivity index (χ1n) is 5.76. The molecular formula is C12H20O4. The summed E-state index contributed by atoms with van der Waals surface area (Å²) in [4.78, 5) is 10.9. The van der Waals surface area contributed by atoms with E-state index in [-0.39, 0.29) is 24.3 Å². The minimum Gasteiger partial charge on any atom is -0.496 e. The number of ether oxygens (including phenoxy) is 3. The molecule has 1 rings (SSSR count). The quantitative estimate of drug-likeness (QED) is 0.533. The smallest absolute Gasteiger partial charge is 0.303 e. The number of unbranched alkanes of at least 4 members (excludes halogenated alkanes) is 1. The average Bonchev–Trinajstić information content (AvgIpc) is 2.21. The first kappa shape index (κ1) is 13.0. The molecule has 0 saturated heterocycles. The van der Waals surface area contributed by atoms with Gasteiger partial charge in [-0.05, 0) is 19.4 Å². The molecule has 1 aliphatic rings. The molecule has 0 aliphatic carbocycles. The summed E-state index contributed by atoms with van der Waals surface area (Å²) in [7, 11) is 0. The number of hydrogen-bond acceptors (Lipinski definition) is 4. The van der Waals surface area contributed by atoms with Gasteiger partial charge in [-0.25, -0.2) is 0 Å². The first-order chi connectivity index (χ1) is 7.65. The lowest BCUT2D eigenvalue weighted by Gasteiger charge is -2.32. The van der Waals surface area contributed by atoms with E-state index in [4.69, 9.17) is 14.2 Å². The van der Waals surface area contributed by atoms with E-state index in [9.17, 15) is 4.79 Å². The highest BCUT2D eigenvalue weighted by molar-refractivity contribution is 5.66. The molecule has 0 radical (unpaired) electrons. The van der Waals surface area contributed by atoms with E-state index >= 15 is 0 Å². The third-order valence-electron chi connectivity index (χ3n) is 2.46. The second-order valence-electron chi connectivity index (χ2n) is 3.93. The van der Waals surface area contributed by atoms with E-state index < -0.39 is 0 Å². The normalized spacial score (nSPS) is 28.6. The van der Waals surface area contributed by atoms with Crippen LogP contribution < -0.4 is 0 Å². The van der Waals surface area contributed by atoms with Gasteiger partial charge in [0.05, 0.1) is 6.26 Å². The Labute approximate surface area is 96.6 Å². The number of rotatable bonds is 5. The van der Waals surface area contributed by atoms with Gasteiger partial charge < -0.3 is 14.2 Å². The first-order valence-corrected chi connectivity index (χ1v) is 5.76. The Balaban J connectivity index is 2.52. The summed E-state index contributed by atoms with van der Waals surface area (Å²) < 4.78 is 16.2. The molecule has 4 heteroatoms. The van der Waals surface area contributed by atoms with Crippen molar-refractivity contribution in [3.05, 3.63) is 12.3 Å². The van der Waals surface area contributed by atoms with Crippen molar-refractivity contribution in [2.75, 3.05) is 6.61 Å². The van der Waals surface area contributed by atoms with Gasteiger partial charge in [0, 0.05) is 13.5 Å². The highest BCUT2D eigenvalue weighted by Crippen LogP contribution is 2.19. The van der Waals surface area contributed by atoms with Gasteiger partial charge in [-0.2, -0.15) is 0 Å². The molecule has 1 heterocycles. The third-order valence-corrected chi connectivity index (χ3v) is 2.46. The van der Waals surface area contributed by atoms with Crippen molar-refractivity contribution < 1.29 is 19.0 Å². The summed E-state index contributed by atoms with van der Waals surface area (Å²) in [6.45, 7) is 6.09. The third kappa shape index (κ3) is 3.85. The van der Waals surface area contributed by atoms with Crippen LogP contribution in [0.5, 0.6) is 0 Å². The zero-order chi connectivity index (χ0) is 12.0. The Morgan fingerprint density at radius 3 is 2.88 bits per heavy atom. The van der Waals surface area contributed by atoms with Crippen LogP contribution in [0.2, 0.25) is 0 Å². The predicted octanol–water partition coefficient (Wildman–Crippen LogP) is 2.04. The molecule has 0 spiro atoms. The number of carbonyl (C=O) groups excluding carboxylic acids is 1. The standard InChI is InChI=1S/C12H20O4/c1-4-5-7-15-12-9(2)14-8-6-11(12)16-10(3)13/h6,8-9,11-12H,4-5,7H2,1-3H3/t9-,11-,12-/m0/s1. The maximum Gasteiger partial charge on any atom is 0.303 e. The lowest BCUT2D eigenvalue weighted by Crippen LogP contribution is -2.43. The summed E-state index contributed by atoms with van der Waals surface area (Å²) in [6.07, 6.45) is 4.73. The molecule has 0 unspecified atom stereocenters. The summed E-state index contributed by atoms with van der Waals surface area (Å²) in [5.74, 6) is -0.298. The summed E-state index contributed by atoms with van der Waals surface area (Å²) in [5, 5.41) is 0. The molecule has 0 N–H and O–H groups in total. The maximum atomic E-state index is 10.9. The topological polar surface area (TPSA) is 44.8 Å². The lowest BCUT2D eigenvalue weighted by molar-refractivity contribution is -0.159. The van der Waals surface area contributed by atoms with E-state index in [0.717, 1.165) is 12.8 Å². The van der Waals surface area contributed by atoms with Gasteiger partial charge >= 0.3 is 5.97 Å². The van der Waals surface area contributed by atoms with Crippen LogP contribution in [0.15, 0.2) is 12.3 Å². The van der Waals surface area contributed by atoms with Crippen molar-refractivity contribution in [1.29, 1.82) is 0 Å². The van der Waals surface area contributed by atoms with Crippen molar-refractivity contribution in [1.82, 2.24) is 0 Å². The molecule has 0 bridgehead atoms. The molecule has 0 saturated carbocycles. The van der Waals surface area contributed by atoms with Gasteiger partial charge in [0.15, 0.2) is 6.10 Å². The van der Waals surface area contributed by atoms with Gasteiger partial charge in [0.2, 0.25) is 0 Å². The van der Waals surface area contributed by atoms with E-state index in [0.29, 0.717) is 6.61 Å². The summed E-state index contributed by atoms with van der Waals surface area (Å²) >= 11 is 0. The molecule has 0 amide bonds. The van der Waals surface area contributed by atoms with Crippen LogP contribution in [-0.2, 0) is 19.0 Å². The van der Waals surface area contributed by atoms with Crippen LogP contribution in [0, 0.1) is 0 Å². The average molecular weight is 228 g/mol. The molecule has 0 aromatic carbocycles. The molecule has 92 valence electrons. The van der Waals surface area contributed by atoms with Crippen molar-refractivity contribution in [2.45, 2.75) is 51.9 Å². The summed E-state index contributed by atoms with van der Waals surface area (Å²) in [5.41, 5.74) is 0. The van der Waals surface area contributed by atoms with Gasteiger partial charge in [0.1, 0.15) is 12.2 Å². The van der Waals surface area contributed by atoms with Crippen LogP contribution >= 0.6 is 0 Å². The summed E-state index contributed by atoms with van der Waals surface area (Å²) in [6, 6.07) is 0. The van der Waals surface area contributed by atoms with E-state index in [1.165, 1.54) is 6.92 Å². The van der Waals surface area contributed by atoms with Crippen LogP contribution in [0.1, 0.15) is 33.6 Å². The minimum absolute atomic E-state index is 0.0915. The fourth-order valence-corrected chi connectivity index (χ4v) is 1.59. The second kappa shape index (κ2) is 6.53. The number of esters is 1. The molecule has 0 aromatic rings. The fraction of sp³-hybridized carbons (Fsp3) is 0.750. The molecule has 4 nitrogen and oxygen atoms in total. The van der Waals surface area contributed by atoms with E-state index in [1.54, 1.807) is 12.3 Å². The Bertz CT molecular complexity index is 249. The largest absolute Gasteiger partial charge is 0.496 e. The minimum atomic E-state index is -0.335. The van der Waals surface area contributed by atoms with Gasteiger partial charge in [0.25, 0.3) is 0 Å². The number of carbonyl (C=O) groups is 1. The van der Waals surface area contributed by atoms with Gasteiger partial charge in [-0.3, -0.25) is 4.79 Å². The monoisotopic (exact) mass is 228 g/mol. The molecule has 3 atom stereocenters. The SMILES string of the molecule is CCCCO[C@H]1[C@H](C)OC=C[C@@H]1OC(C)=O. The van der Waals surface area contributed by atoms with Crippen LogP contribution in [0.4, 0.5) is 0 Å². The molecule has 0 aromatic heterocycles. The Hall–Kier alpha value is -1.03. The van der Waals surface area contributed by atoms with Gasteiger partial charge in [-0.1, -0.05) is 13.3 Å². The Morgan fingerprint density at radius 1 is 1.50 bits per heavy atom. The van der Waals surface area contributed by atoms with Crippen molar-refractivity contribution in [3.8, 4) is 0 Å². The Morgan fingerprint density at radius 2 is 2.25 bits per heavy atom. The van der Waals surface area contributed by atoms with E-state index in [1.807, 2.05) is 6.92 Å². The predicted molar refractivity (Wildman–Crippen MR) is 59.9 cm³/mol. The van der Waals surface area contributed by atoms with Crippen molar-refractivity contribution >= 4 is 5.97 Å². The van der Waals surface area contributed by atoms with Crippen LogP contribution in [0.25, 0.3) is 0 Å². The fourth-order valence-electron chi connectivity index (χ4n) is 1.59. The van der Waals surface area contributed by atoms with Gasteiger partial charge in [-0.15, -0.1) is 0 Å². The molecule has 1 aliphatic heterocycles. The highest BCUT2D eigenvalue weighted by Gasteiger charge is 2.32. The second-order valence-corrected chi connectivity index (χ2v) is 3.93. The molecule has 16 heavy (non-hydrogen) atoms. The van der Waals surface area contributed by atoms with E-state index in [2.05, 4.69) is 6.92 Å². The van der Waals surface area contributed by atoms with Crippen LogP contribution in [-0.4, -0.2) is 30.9 Å². The van der Waals surface area contributed by atoms with Crippen molar-refractivity contribution in [3.63, 3.8) is 0 Å². The highest BCUT2D eigenvalue weighted by atomic mass is 16.6. The molecule has 0 fully saturated rings. The zero-order valence-corrected chi connectivity index (χ0v) is 10.1. The Kier molecular flexibility index (Phi) is 5.32. The maximum absolute atomic E-state index is 10.9.